The van der Waals surface area contributed by atoms with Gasteiger partial charge in [-0.25, -0.2) is 4.39 Å². The molecule has 2 aromatic rings. The number of hydrogen-bond acceptors (Lipinski definition) is 2. The second-order valence-electron chi connectivity index (χ2n) is 4.14. The second-order valence-corrected chi connectivity index (χ2v) is 4.14. The molecule has 0 aliphatic carbocycles. The van der Waals surface area contributed by atoms with Crippen LogP contribution in [0.4, 0.5) is 10.1 Å². The summed E-state index contributed by atoms with van der Waals surface area (Å²) in [7, 11) is 1.60. The fourth-order valence-electron chi connectivity index (χ4n) is 1.72. The van der Waals surface area contributed by atoms with Gasteiger partial charge < -0.3 is 10.6 Å². The average Bonchev–Trinajstić information content (AvgIpc) is 2.45. The van der Waals surface area contributed by atoms with Gasteiger partial charge >= 0.3 is 0 Å². The standard InChI is InChI=1S/C15H15FN2O/c1-17-15(19)12-7-5-11(6-8-12)10-18-14-4-2-3-13(16)9-14/h2-9,18H,10H2,1H3,(H,17,19). The Bertz CT molecular complexity index is 567. The summed E-state index contributed by atoms with van der Waals surface area (Å²) in [5.74, 6) is -0.371. The molecular formula is C15H15FN2O. The van der Waals surface area contributed by atoms with E-state index in [0.717, 1.165) is 11.3 Å². The lowest BCUT2D eigenvalue weighted by Gasteiger charge is -2.07. The zero-order valence-electron chi connectivity index (χ0n) is 10.6. The molecular weight excluding hydrogens is 243 g/mol. The maximum absolute atomic E-state index is 13.0. The summed E-state index contributed by atoms with van der Waals surface area (Å²) in [6.45, 7) is 0.581. The molecule has 0 aliphatic heterocycles. The summed E-state index contributed by atoms with van der Waals surface area (Å²) < 4.78 is 13.0. The molecule has 0 unspecified atom stereocenters. The van der Waals surface area contributed by atoms with Gasteiger partial charge in [0.1, 0.15) is 5.82 Å². The largest absolute Gasteiger partial charge is 0.381 e. The lowest BCUT2D eigenvalue weighted by atomic mass is 10.1. The zero-order chi connectivity index (χ0) is 13.7. The molecule has 0 saturated heterocycles. The van der Waals surface area contributed by atoms with Crippen LogP contribution in [0.15, 0.2) is 48.5 Å². The Balaban J connectivity index is 1.98. The fourth-order valence-corrected chi connectivity index (χ4v) is 1.72. The highest BCUT2D eigenvalue weighted by Gasteiger charge is 2.02. The Labute approximate surface area is 111 Å². The smallest absolute Gasteiger partial charge is 0.251 e. The number of benzene rings is 2. The van der Waals surface area contributed by atoms with Crippen molar-refractivity contribution in [3.8, 4) is 0 Å². The minimum absolute atomic E-state index is 0.107. The molecule has 0 bridgehead atoms. The van der Waals surface area contributed by atoms with Crippen molar-refractivity contribution in [2.75, 3.05) is 12.4 Å². The molecule has 0 fully saturated rings. The molecule has 0 saturated carbocycles. The predicted molar refractivity (Wildman–Crippen MR) is 73.6 cm³/mol. The monoisotopic (exact) mass is 258 g/mol. The molecule has 0 spiro atoms. The van der Waals surface area contributed by atoms with E-state index in [1.54, 1.807) is 25.2 Å². The van der Waals surface area contributed by atoms with Crippen molar-refractivity contribution in [3.05, 3.63) is 65.5 Å². The van der Waals surface area contributed by atoms with Gasteiger partial charge in [-0.05, 0) is 35.9 Å². The van der Waals surface area contributed by atoms with Gasteiger partial charge in [0.2, 0.25) is 0 Å². The lowest BCUT2D eigenvalue weighted by molar-refractivity contribution is 0.0963. The molecule has 4 heteroatoms. The molecule has 98 valence electrons. The second kappa shape index (κ2) is 6.00. The summed E-state index contributed by atoms with van der Waals surface area (Å²) in [4.78, 5) is 11.4. The minimum atomic E-state index is -0.264. The molecule has 2 N–H and O–H groups in total. The van der Waals surface area contributed by atoms with E-state index in [9.17, 15) is 9.18 Å². The predicted octanol–water partition coefficient (Wildman–Crippen LogP) is 2.80. The van der Waals surface area contributed by atoms with Gasteiger partial charge in [0, 0.05) is 24.8 Å². The highest BCUT2D eigenvalue weighted by Crippen LogP contribution is 2.11. The van der Waals surface area contributed by atoms with Gasteiger partial charge in [0.15, 0.2) is 0 Å². The topological polar surface area (TPSA) is 41.1 Å². The molecule has 0 atom stereocenters. The molecule has 0 radical (unpaired) electrons. The van der Waals surface area contributed by atoms with E-state index in [2.05, 4.69) is 10.6 Å². The Morgan fingerprint density at radius 1 is 1.16 bits per heavy atom. The first-order valence-corrected chi connectivity index (χ1v) is 5.99. The van der Waals surface area contributed by atoms with Crippen LogP contribution in [0.3, 0.4) is 0 Å². The van der Waals surface area contributed by atoms with Gasteiger partial charge in [-0.2, -0.15) is 0 Å². The van der Waals surface area contributed by atoms with Crippen LogP contribution in [-0.2, 0) is 6.54 Å². The van der Waals surface area contributed by atoms with Crippen molar-refractivity contribution in [1.82, 2.24) is 5.32 Å². The summed E-state index contributed by atoms with van der Waals surface area (Å²) in [6.07, 6.45) is 0. The van der Waals surface area contributed by atoms with Crippen LogP contribution < -0.4 is 10.6 Å². The van der Waals surface area contributed by atoms with Crippen LogP contribution in [-0.4, -0.2) is 13.0 Å². The summed E-state index contributed by atoms with van der Waals surface area (Å²) in [6, 6.07) is 13.6. The third-order valence-electron chi connectivity index (χ3n) is 2.76. The number of amides is 1. The quantitative estimate of drug-likeness (QED) is 0.885. The maximum atomic E-state index is 13.0. The molecule has 0 heterocycles. The number of carbonyl (C=O) groups excluding carboxylic acids is 1. The van der Waals surface area contributed by atoms with E-state index in [1.165, 1.54) is 12.1 Å². The van der Waals surface area contributed by atoms with Crippen molar-refractivity contribution < 1.29 is 9.18 Å². The van der Waals surface area contributed by atoms with E-state index in [1.807, 2.05) is 18.2 Å². The van der Waals surface area contributed by atoms with Crippen molar-refractivity contribution in [1.29, 1.82) is 0 Å². The van der Waals surface area contributed by atoms with Crippen molar-refractivity contribution in [2.24, 2.45) is 0 Å². The van der Waals surface area contributed by atoms with Gasteiger partial charge in [0.05, 0.1) is 0 Å². The Morgan fingerprint density at radius 3 is 2.53 bits per heavy atom. The first-order valence-electron chi connectivity index (χ1n) is 5.99. The molecule has 2 rings (SSSR count). The molecule has 1 amide bonds. The Kier molecular flexibility index (Phi) is 4.13. The highest BCUT2D eigenvalue weighted by molar-refractivity contribution is 5.93. The SMILES string of the molecule is CNC(=O)c1ccc(CNc2cccc(F)c2)cc1. The summed E-state index contributed by atoms with van der Waals surface area (Å²) in [5.41, 5.74) is 2.38. The molecule has 2 aromatic carbocycles. The van der Waals surface area contributed by atoms with E-state index in [-0.39, 0.29) is 11.7 Å². The molecule has 19 heavy (non-hydrogen) atoms. The average molecular weight is 258 g/mol. The van der Waals surface area contributed by atoms with Gasteiger partial charge in [-0.3, -0.25) is 4.79 Å². The number of carbonyl (C=O) groups is 1. The van der Waals surface area contributed by atoms with E-state index in [4.69, 9.17) is 0 Å². The van der Waals surface area contributed by atoms with E-state index >= 15 is 0 Å². The lowest BCUT2D eigenvalue weighted by Crippen LogP contribution is -2.17. The third kappa shape index (κ3) is 3.55. The van der Waals surface area contributed by atoms with Gasteiger partial charge in [-0.1, -0.05) is 18.2 Å². The number of hydrogen-bond donors (Lipinski definition) is 2. The summed E-state index contributed by atoms with van der Waals surface area (Å²) in [5, 5.41) is 5.69. The van der Waals surface area contributed by atoms with Crippen molar-refractivity contribution in [3.63, 3.8) is 0 Å². The van der Waals surface area contributed by atoms with Crippen LogP contribution in [0.2, 0.25) is 0 Å². The Morgan fingerprint density at radius 2 is 1.89 bits per heavy atom. The van der Waals surface area contributed by atoms with Crippen LogP contribution in [0, 0.1) is 5.82 Å². The first-order chi connectivity index (χ1) is 9.19. The van der Waals surface area contributed by atoms with Crippen LogP contribution in [0.5, 0.6) is 0 Å². The number of halogens is 1. The maximum Gasteiger partial charge on any atom is 0.251 e. The highest BCUT2D eigenvalue weighted by atomic mass is 19.1. The van der Waals surface area contributed by atoms with Crippen LogP contribution in [0.25, 0.3) is 0 Å². The number of anilines is 1. The van der Waals surface area contributed by atoms with Crippen molar-refractivity contribution >= 4 is 11.6 Å². The zero-order valence-corrected chi connectivity index (χ0v) is 10.6. The third-order valence-corrected chi connectivity index (χ3v) is 2.76. The first kappa shape index (κ1) is 13.1. The van der Waals surface area contributed by atoms with Crippen molar-refractivity contribution in [2.45, 2.75) is 6.54 Å². The van der Waals surface area contributed by atoms with Crippen LogP contribution in [0.1, 0.15) is 15.9 Å². The molecule has 3 nitrogen and oxygen atoms in total. The van der Waals surface area contributed by atoms with E-state index in [0.29, 0.717) is 12.1 Å². The normalized spacial score (nSPS) is 10.0. The minimum Gasteiger partial charge on any atom is -0.381 e. The molecule has 0 aliphatic rings. The van der Waals surface area contributed by atoms with E-state index < -0.39 is 0 Å². The Hall–Kier alpha value is -2.36. The molecule has 0 aromatic heterocycles. The fraction of sp³-hybridized carbons (Fsp3) is 0.133. The number of nitrogens with one attached hydrogen (secondary N) is 2. The van der Waals surface area contributed by atoms with Crippen LogP contribution >= 0.6 is 0 Å². The number of rotatable bonds is 4. The van der Waals surface area contributed by atoms with Gasteiger partial charge in [0.25, 0.3) is 5.91 Å². The van der Waals surface area contributed by atoms with Gasteiger partial charge in [-0.15, -0.1) is 0 Å². The summed E-state index contributed by atoms with van der Waals surface area (Å²) >= 11 is 0.